The lowest BCUT2D eigenvalue weighted by Crippen LogP contribution is -1.97. The van der Waals surface area contributed by atoms with Crippen molar-refractivity contribution in [3.8, 4) is 11.1 Å². The van der Waals surface area contributed by atoms with Crippen molar-refractivity contribution in [1.82, 2.24) is 0 Å². The Morgan fingerprint density at radius 2 is 1.29 bits per heavy atom. The smallest absolute Gasteiger partial charge is 0.258 e. The number of para-hydroxylation sites is 1. The molecule has 0 atom stereocenters. The molecule has 0 heterocycles. The fourth-order valence-corrected chi connectivity index (χ4v) is 3.87. The average molecular weight is 392 g/mol. The van der Waals surface area contributed by atoms with E-state index in [0.29, 0.717) is 35.6 Å². The maximum Gasteiger partial charge on any atom is 0.290 e. The number of nitro groups is 1. The summed E-state index contributed by atoms with van der Waals surface area (Å²) in [6.45, 7) is 0. The molecule has 0 bridgehead atoms. The van der Waals surface area contributed by atoms with Crippen LogP contribution in [0.4, 0.5) is 5.69 Å². The Labute approximate surface area is 154 Å². The summed E-state index contributed by atoms with van der Waals surface area (Å²) in [4.78, 5) is 13.5. The second kappa shape index (κ2) is 6.59. The van der Waals surface area contributed by atoms with Gasteiger partial charge in [-0.2, -0.15) is 0 Å². The Bertz CT molecular complexity index is 733. The number of hydrogen-bond donors (Lipinski definition) is 6. The minimum Gasteiger partial charge on any atom is -0.258 e. The highest BCUT2D eigenvalue weighted by Gasteiger charge is 2.25. The molecule has 0 aliphatic carbocycles. The zero-order chi connectivity index (χ0) is 15.9. The molecule has 2 aromatic rings. The lowest BCUT2D eigenvalue weighted by Gasteiger charge is -2.16. The van der Waals surface area contributed by atoms with Gasteiger partial charge in [-0.25, -0.2) is 0 Å². The van der Waals surface area contributed by atoms with Crippen molar-refractivity contribution in [2.24, 2.45) is 0 Å². The molecule has 0 unspecified atom stereocenters. The molecule has 3 nitrogen and oxygen atoms in total. The van der Waals surface area contributed by atoms with Gasteiger partial charge in [0.15, 0.2) is 0 Å². The zero-order valence-corrected chi connectivity index (χ0v) is 15.5. The van der Waals surface area contributed by atoms with Gasteiger partial charge in [-0.1, -0.05) is 6.07 Å². The summed E-state index contributed by atoms with van der Waals surface area (Å²) in [7, 11) is 0. The van der Waals surface area contributed by atoms with Crippen molar-refractivity contribution >= 4 is 81.5 Å². The van der Waals surface area contributed by atoms with Gasteiger partial charge in [-0.3, -0.25) is 10.1 Å². The van der Waals surface area contributed by atoms with E-state index in [1.54, 1.807) is 18.2 Å². The van der Waals surface area contributed by atoms with E-state index in [-0.39, 0.29) is 10.6 Å². The van der Waals surface area contributed by atoms with E-state index in [9.17, 15) is 10.1 Å². The van der Waals surface area contributed by atoms with Crippen molar-refractivity contribution in [1.29, 1.82) is 0 Å². The number of nitrogens with zero attached hydrogens (tertiary/aromatic N) is 1. The molecule has 2 rings (SSSR count). The largest absolute Gasteiger partial charge is 0.290 e. The van der Waals surface area contributed by atoms with Crippen LogP contribution in [0.25, 0.3) is 11.1 Å². The maximum absolute atomic E-state index is 11.3. The fraction of sp³-hybridized carbons (Fsp3) is 0. The molecule has 0 aromatic heterocycles. The third-order valence-corrected chi connectivity index (χ3v) is 6.14. The highest BCUT2D eigenvalue weighted by molar-refractivity contribution is 7.87. The van der Waals surface area contributed by atoms with Crippen LogP contribution in [-0.4, -0.2) is 4.92 Å². The van der Waals surface area contributed by atoms with Gasteiger partial charge in [-0.15, -0.1) is 75.8 Å². The molecule has 2 aromatic carbocycles. The number of rotatable bonds is 2. The van der Waals surface area contributed by atoms with E-state index in [4.69, 9.17) is 0 Å². The van der Waals surface area contributed by atoms with Crippen LogP contribution in [0.15, 0.2) is 47.6 Å². The Morgan fingerprint density at radius 1 is 0.810 bits per heavy atom. The molecule has 0 amide bonds. The van der Waals surface area contributed by atoms with Crippen molar-refractivity contribution in [2.45, 2.75) is 29.4 Å². The van der Waals surface area contributed by atoms with E-state index in [0.717, 1.165) is 0 Å². The molecule has 0 radical (unpaired) electrons. The molecule has 0 aliphatic heterocycles. The van der Waals surface area contributed by atoms with Crippen molar-refractivity contribution in [3.63, 3.8) is 0 Å². The number of benzene rings is 2. The maximum atomic E-state index is 11.3. The normalized spacial score (nSPS) is 10.8. The fourth-order valence-electron chi connectivity index (χ4n) is 1.87. The van der Waals surface area contributed by atoms with Gasteiger partial charge in [0, 0.05) is 30.0 Å². The predicted octanol–water partition coefficient (Wildman–Crippen LogP) is 4.99. The van der Waals surface area contributed by atoms with E-state index in [2.05, 4.69) is 75.8 Å². The summed E-state index contributed by atoms with van der Waals surface area (Å²) in [6.07, 6.45) is 0. The van der Waals surface area contributed by atoms with Gasteiger partial charge >= 0.3 is 0 Å². The third-order valence-electron chi connectivity index (χ3n) is 2.84. The summed E-state index contributed by atoms with van der Waals surface area (Å²) in [5, 5.41) is 11.3. The van der Waals surface area contributed by atoms with Crippen LogP contribution < -0.4 is 0 Å². The predicted molar refractivity (Wildman–Crippen MR) is 102 cm³/mol. The number of hydrogen-bond acceptors (Lipinski definition) is 8. The van der Waals surface area contributed by atoms with Crippen LogP contribution in [0, 0.1) is 10.1 Å². The second-order valence-corrected chi connectivity index (χ2v) is 6.77. The Kier molecular flexibility index (Phi) is 5.43. The summed E-state index contributed by atoms with van der Waals surface area (Å²) in [5.74, 6) is 0. The summed E-state index contributed by atoms with van der Waals surface area (Å²) < 4.78 is 0. The minimum absolute atomic E-state index is 0.112. The molecule has 0 saturated carbocycles. The molecule has 9 heteroatoms. The topological polar surface area (TPSA) is 43.1 Å². The first-order valence-electron chi connectivity index (χ1n) is 5.42. The van der Waals surface area contributed by atoms with Crippen LogP contribution in [0.1, 0.15) is 0 Å². The first-order valence-corrected chi connectivity index (χ1v) is 8.11. The molecule has 0 saturated heterocycles. The summed E-state index contributed by atoms with van der Waals surface area (Å²) in [6, 6.07) is 4.85. The molecule has 0 aliphatic rings. The molecule has 0 N–H and O–H groups in total. The minimum atomic E-state index is -0.483. The van der Waals surface area contributed by atoms with E-state index >= 15 is 0 Å². The number of thiol groups is 6. The van der Waals surface area contributed by atoms with Crippen molar-refractivity contribution < 1.29 is 4.92 Å². The lowest BCUT2D eigenvalue weighted by molar-refractivity contribution is -0.387. The van der Waals surface area contributed by atoms with Gasteiger partial charge in [0.05, 0.1) is 15.4 Å². The first kappa shape index (κ1) is 17.3. The van der Waals surface area contributed by atoms with Crippen molar-refractivity contribution in [3.05, 3.63) is 28.3 Å². The van der Waals surface area contributed by atoms with E-state index in [1.165, 1.54) is 0 Å². The molecule has 0 spiro atoms. The monoisotopic (exact) mass is 391 g/mol. The average Bonchev–Trinajstić information content (AvgIpc) is 2.43. The Morgan fingerprint density at radius 3 is 1.76 bits per heavy atom. The van der Waals surface area contributed by atoms with Crippen molar-refractivity contribution in [2.75, 3.05) is 0 Å². The lowest BCUT2D eigenvalue weighted by atomic mass is 10.0. The highest BCUT2D eigenvalue weighted by atomic mass is 32.1. The van der Waals surface area contributed by atoms with E-state index in [1.807, 2.05) is 0 Å². The summed E-state index contributed by atoms with van der Waals surface area (Å²) >= 11 is 25.9. The van der Waals surface area contributed by atoms with E-state index < -0.39 is 4.92 Å². The number of nitro benzene ring substituents is 1. The zero-order valence-electron chi connectivity index (χ0n) is 10.2. The highest BCUT2D eigenvalue weighted by Crippen LogP contribution is 2.47. The third kappa shape index (κ3) is 3.04. The molecule has 110 valence electrons. The Balaban J connectivity index is 2.93. The molecular formula is C12H9NO2S6. The Hall–Kier alpha value is -0.0600. The van der Waals surface area contributed by atoms with Crippen LogP contribution in [0.2, 0.25) is 0 Å². The second-order valence-electron chi connectivity index (χ2n) is 4.05. The van der Waals surface area contributed by atoms with Gasteiger partial charge in [0.1, 0.15) is 0 Å². The first-order chi connectivity index (χ1) is 9.77. The van der Waals surface area contributed by atoms with Gasteiger partial charge < -0.3 is 0 Å². The SMILES string of the molecule is O=[N+]([O-])c1c(S)cccc1-c1c(S)c(S)c(S)c(S)c1S. The van der Waals surface area contributed by atoms with Crippen LogP contribution >= 0.6 is 75.8 Å². The van der Waals surface area contributed by atoms with Crippen LogP contribution in [0.3, 0.4) is 0 Å². The van der Waals surface area contributed by atoms with Crippen LogP contribution in [-0.2, 0) is 0 Å². The van der Waals surface area contributed by atoms with Gasteiger partial charge in [0.2, 0.25) is 0 Å². The quantitative estimate of drug-likeness (QED) is 0.248. The summed E-state index contributed by atoms with van der Waals surface area (Å²) in [5.41, 5.74) is 0.734. The van der Waals surface area contributed by atoms with Gasteiger partial charge in [0.25, 0.3) is 5.69 Å². The molecular weight excluding hydrogens is 383 g/mol. The van der Waals surface area contributed by atoms with Gasteiger partial charge in [-0.05, 0) is 12.1 Å². The standard InChI is InChI=1S/C12H9NO2S6/c14-13(15)7-4(2-1-3-5(7)16)6-8(17)10(19)12(21)11(20)9(6)18/h1-3,16-21H. The molecule has 0 fully saturated rings. The van der Waals surface area contributed by atoms with Crippen LogP contribution in [0.5, 0.6) is 0 Å². The molecule has 21 heavy (non-hydrogen) atoms.